The number of nitrogens with two attached hydrogens (primary N) is 2. The zero-order valence-corrected chi connectivity index (χ0v) is 14.7. The lowest BCUT2D eigenvalue weighted by atomic mass is 9.82. The number of anilines is 2. The molecule has 1 aromatic carbocycles. The Morgan fingerprint density at radius 2 is 1.92 bits per heavy atom. The first-order chi connectivity index (χ1) is 12.3. The van der Waals surface area contributed by atoms with Crippen molar-refractivity contribution in [1.82, 2.24) is 9.97 Å². The van der Waals surface area contributed by atoms with E-state index in [9.17, 15) is 0 Å². The van der Waals surface area contributed by atoms with Gasteiger partial charge >= 0.3 is 0 Å². The summed E-state index contributed by atoms with van der Waals surface area (Å²) >= 11 is 0. The molecule has 0 spiro atoms. The molecular formula is C20H27N5. The summed E-state index contributed by atoms with van der Waals surface area (Å²) in [5.74, 6) is 2.32. The Labute approximate surface area is 149 Å². The number of fused-ring (bicyclic) bond motifs is 1. The summed E-state index contributed by atoms with van der Waals surface area (Å²) in [7, 11) is 0. The maximum absolute atomic E-state index is 6.12. The molecule has 2 atom stereocenters. The molecule has 2 heterocycles. The molecule has 0 saturated carbocycles. The number of nitrogen functional groups attached to an aromatic ring is 1. The van der Waals surface area contributed by atoms with Gasteiger partial charge in [0.05, 0.1) is 5.69 Å². The van der Waals surface area contributed by atoms with Crippen LogP contribution in [0.2, 0.25) is 0 Å². The lowest BCUT2D eigenvalue weighted by Crippen LogP contribution is -2.40. The third-order valence-electron chi connectivity index (χ3n) is 5.64. The highest BCUT2D eigenvalue weighted by atomic mass is 15.2. The number of aromatic nitrogens is 2. The van der Waals surface area contributed by atoms with Crippen LogP contribution in [0.3, 0.4) is 0 Å². The standard InChI is InChI=1S/C20H27N5/c21-12-14-6-5-11-25(13-14)19-17-10-4-9-16(15-7-2-1-3-8-15)18(17)23-20(22)24-19/h1-3,7-8,14,16H,4-6,9-13,21H2,(H2,22,23,24). The van der Waals surface area contributed by atoms with Crippen molar-refractivity contribution < 1.29 is 0 Å². The van der Waals surface area contributed by atoms with Gasteiger partial charge in [-0.2, -0.15) is 4.98 Å². The van der Waals surface area contributed by atoms with Crippen LogP contribution in [0.25, 0.3) is 0 Å². The second-order valence-corrected chi connectivity index (χ2v) is 7.31. The highest BCUT2D eigenvalue weighted by molar-refractivity contribution is 5.55. The maximum Gasteiger partial charge on any atom is 0.222 e. The molecule has 2 aromatic rings. The molecule has 0 radical (unpaired) electrons. The van der Waals surface area contributed by atoms with Crippen LogP contribution in [0.5, 0.6) is 0 Å². The molecule has 2 aliphatic rings. The first-order valence-electron chi connectivity index (χ1n) is 9.42. The van der Waals surface area contributed by atoms with E-state index in [4.69, 9.17) is 11.5 Å². The summed E-state index contributed by atoms with van der Waals surface area (Å²) in [6.07, 6.45) is 5.71. The normalized spacial score (nSPS) is 23.3. The van der Waals surface area contributed by atoms with Crippen LogP contribution in [0.1, 0.15) is 48.4 Å². The third kappa shape index (κ3) is 3.21. The molecule has 2 unspecified atom stereocenters. The Morgan fingerprint density at radius 3 is 2.72 bits per heavy atom. The van der Waals surface area contributed by atoms with Crippen LogP contribution in [0.15, 0.2) is 30.3 Å². The fraction of sp³-hybridized carbons (Fsp3) is 0.500. The number of rotatable bonds is 3. The first-order valence-corrected chi connectivity index (χ1v) is 9.42. The Morgan fingerprint density at radius 1 is 1.08 bits per heavy atom. The van der Waals surface area contributed by atoms with E-state index in [1.54, 1.807) is 0 Å². The van der Waals surface area contributed by atoms with Crippen molar-refractivity contribution >= 4 is 11.8 Å². The van der Waals surface area contributed by atoms with Crippen LogP contribution >= 0.6 is 0 Å². The van der Waals surface area contributed by atoms with Gasteiger partial charge in [-0.25, -0.2) is 4.98 Å². The van der Waals surface area contributed by atoms with Crippen molar-refractivity contribution in [1.29, 1.82) is 0 Å². The molecule has 1 saturated heterocycles. The molecule has 4 N–H and O–H groups in total. The predicted octanol–water partition coefficient (Wildman–Crippen LogP) is 2.70. The Bertz CT molecular complexity index is 730. The molecule has 4 rings (SSSR count). The summed E-state index contributed by atoms with van der Waals surface area (Å²) in [5, 5.41) is 0. The number of piperidine rings is 1. The molecule has 5 nitrogen and oxygen atoms in total. The zero-order valence-electron chi connectivity index (χ0n) is 14.7. The van der Waals surface area contributed by atoms with E-state index in [0.717, 1.165) is 44.0 Å². The number of nitrogens with zero attached hydrogens (tertiary/aromatic N) is 3. The van der Waals surface area contributed by atoms with Crippen LogP contribution in [-0.4, -0.2) is 29.6 Å². The Hall–Kier alpha value is -2.14. The highest BCUT2D eigenvalue weighted by Gasteiger charge is 2.30. The molecule has 1 aromatic heterocycles. The van der Waals surface area contributed by atoms with Gasteiger partial charge in [0, 0.05) is 24.6 Å². The summed E-state index contributed by atoms with van der Waals surface area (Å²) in [5.41, 5.74) is 15.8. The second kappa shape index (κ2) is 7.00. The minimum absolute atomic E-state index is 0.323. The van der Waals surface area contributed by atoms with Crippen molar-refractivity contribution in [3.8, 4) is 0 Å². The molecule has 1 aliphatic carbocycles. The number of hydrogen-bond acceptors (Lipinski definition) is 5. The topological polar surface area (TPSA) is 81.1 Å². The van der Waals surface area contributed by atoms with E-state index in [0.29, 0.717) is 17.8 Å². The van der Waals surface area contributed by atoms with Crippen molar-refractivity contribution in [3.63, 3.8) is 0 Å². The van der Waals surface area contributed by atoms with Crippen LogP contribution < -0.4 is 16.4 Å². The lowest BCUT2D eigenvalue weighted by Gasteiger charge is -2.36. The van der Waals surface area contributed by atoms with Crippen molar-refractivity contribution in [2.45, 2.75) is 38.0 Å². The van der Waals surface area contributed by atoms with Gasteiger partial charge in [0.15, 0.2) is 0 Å². The van der Waals surface area contributed by atoms with Gasteiger partial charge in [-0.05, 0) is 50.1 Å². The van der Waals surface area contributed by atoms with E-state index >= 15 is 0 Å². The zero-order chi connectivity index (χ0) is 17.2. The average molecular weight is 337 g/mol. The van der Waals surface area contributed by atoms with E-state index in [1.165, 1.54) is 30.4 Å². The molecule has 1 fully saturated rings. The summed E-state index contributed by atoms with van der Waals surface area (Å²) in [6.45, 7) is 2.76. The van der Waals surface area contributed by atoms with Gasteiger partial charge in [0.1, 0.15) is 5.82 Å². The van der Waals surface area contributed by atoms with E-state index in [1.807, 2.05) is 0 Å². The van der Waals surface area contributed by atoms with Crippen molar-refractivity contribution in [3.05, 3.63) is 47.2 Å². The summed E-state index contributed by atoms with van der Waals surface area (Å²) in [6, 6.07) is 10.7. The van der Waals surface area contributed by atoms with Crippen LogP contribution in [-0.2, 0) is 6.42 Å². The molecule has 132 valence electrons. The third-order valence-corrected chi connectivity index (χ3v) is 5.64. The van der Waals surface area contributed by atoms with Gasteiger partial charge in [-0.15, -0.1) is 0 Å². The van der Waals surface area contributed by atoms with Gasteiger partial charge in [-0.3, -0.25) is 0 Å². The van der Waals surface area contributed by atoms with Gasteiger partial charge in [0.2, 0.25) is 5.95 Å². The molecule has 1 aliphatic heterocycles. The van der Waals surface area contributed by atoms with Gasteiger partial charge < -0.3 is 16.4 Å². The molecular weight excluding hydrogens is 310 g/mol. The Balaban J connectivity index is 1.74. The number of hydrogen-bond donors (Lipinski definition) is 2. The molecule has 5 heteroatoms. The average Bonchev–Trinajstić information content (AvgIpc) is 2.67. The quantitative estimate of drug-likeness (QED) is 0.900. The van der Waals surface area contributed by atoms with Crippen molar-refractivity contribution in [2.24, 2.45) is 11.7 Å². The summed E-state index contributed by atoms with van der Waals surface area (Å²) < 4.78 is 0. The maximum atomic E-state index is 6.12. The SMILES string of the molecule is NCC1CCCN(c2nc(N)nc3c2CCCC3c2ccccc2)C1. The highest BCUT2D eigenvalue weighted by Crippen LogP contribution is 2.39. The minimum Gasteiger partial charge on any atom is -0.368 e. The Kier molecular flexibility index (Phi) is 4.57. The van der Waals surface area contributed by atoms with E-state index in [-0.39, 0.29) is 0 Å². The molecule has 0 bridgehead atoms. The van der Waals surface area contributed by atoms with E-state index < -0.39 is 0 Å². The lowest BCUT2D eigenvalue weighted by molar-refractivity contribution is 0.420. The molecule has 25 heavy (non-hydrogen) atoms. The van der Waals surface area contributed by atoms with E-state index in [2.05, 4.69) is 45.2 Å². The predicted molar refractivity (Wildman–Crippen MR) is 102 cm³/mol. The molecule has 0 amide bonds. The summed E-state index contributed by atoms with van der Waals surface area (Å²) in [4.78, 5) is 11.7. The first kappa shape index (κ1) is 16.3. The van der Waals surface area contributed by atoms with Gasteiger partial charge in [0.25, 0.3) is 0 Å². The number of benzene rings is 1. The van der Waals surface area contributed by atoms with Crippen LogP contribution in [0, 0.1) is 5.92 Å². The van der Waals surface area contributed by atoms with Crippen LogP contribution in [0.4, 0.5) is 11.8 Å². The minimum atomic E-state index is 0.323. The monoisotopic (exact) mass is 337 g/mol. The van der Waals surface area contributed by atoms with Gasteiger partial charge in [-0.1, -0.05) is 30.3 Å². The second-order valence-electron chi connectivity index (χ2n) is 7.31. The fourth-order valence-corrected chi connectivity index (χ4v) is 4.38. The fourth-order valence-electron chi connectivity index (χ4n) is 4.38. The smallest absolute Gasteiger partial charge is 0.222 e. The largest absolute Gasteiger partial charge is 0.368 e. The van der Waals surface area contributed by atoms with Crippen molar-refractivity contribution in [2.75, 3.05) is 30.3 Å².